The molecule has 0 spiro atoms. The van der Waals surface area contributed by atoms with Crippen molar-refractivity contribution >= 4 is 11.9 Å². The van der Waals surface area contributed by atoms with Gasteiger partial charge in [0.2, 0.25) is 0 Å². The van der Waals surface area contributed by atoms with E-state index in [-0.39, 0.29) is 12.8 Å². The minimum absolute atomic E-state index is 0.0154. The highest BCUT2D eigenvalue weighted by Gasteiger charge is 2.04. The fourth-order valence-electron chi connectivity index (χ4n) is 2.21. The molecule has 2 aromatic carbocycles. The summed E-state index contributed by atoms with van der Waals surface area (Å²) in [5, 5.41) is 17.5. The number of aryl methyl sites for hydroxylation is 1. The van der Waals surface area contributed by atoms with Crippen LogP contribution < -0.4 is 4.74 Å². The van der Waals surface area contributed by atoms with E-state index in [1.807, 2.05) is 36.4 Å². The van der Waals surface area contributed by atoms with E-state index in [4.69, 9.17) is 14.9 Å². The van der Waals surface area contributed by atoms with Crippen LogP contribution in [0.5, 0.6) is 5.75 Å². The molecule has 0 aliphatic heterocycles. The Labute approximate surface area is 134 Å². The molecule has 2 aromatic rings. The van der Waals surface area contributed by atoms with Crippen LogP contribution >= 0.6 is 0 Å². The summed E-state index contributed by atoms with van der Waals surface area (Å²) in [6, 6.07) is 14.6. The lowest BCUT2D eigenvalue weighted by Crippen LogP contribution is -2.02. The van der Waals surface area contributed by atoms with Gasteiger partial charge >= 0.3 is 11.9 Å². The van der Waals surface area contributed by atoms with Gasteiger partial charge in [-0.25, -0.2) is 0 Å². The number of hydrogen-bond donors (Lipinski definition) is 2. The molecule has 23 heavy (non-hydrogen) atoms. The zero-order valence-corrected chi connectivity index (χ0v) is 12.6. The first-order valence-corrected chi connectivity index (χ1v) is 7.26. The van der Waals surface area contributed by atoms with Crippen LogP contribution in [0.4, 0.5) is 0 Å². The monoisotopic (exact) mass is 314 g/mol. The van der Waals surface area contributed by atoms with Crippen LogP contribution in [0.25, 0.3) is 0 Å². The van der Waals surface area contributed by atoms with Crippen molar-refractivity contribution in [3.63, 3.8) is 0 Å². The molecular formula is C18H18O5. The Morgan fingerprint density at radius 3 is 2.30 bits per heavy atom. The minimum Gasteiger partial charge on any atom is -0.489 e. The third-order valence-electron chi connectivity index (χ3n) is 3.28. The Kier molecular flexibility index (Phi) is 5.74. The van der Waals surface area contributed by atoms with E-state index >= 15 is 0 Å². The molecule has 2 N–H and O–H groups in total. The molecule has 0 amide bonds. The van der Waals surface area contributed by atoms with Crippen molar-refractivity contribution in [3.8, 4) is 5.75 Å². The Balaban J connectivity index is 1.96. The van der Waals surface area contributed by atoms with Gasteiger partial charge in [-0.05, 0) is 35.2 Å². The Morgan fingerprint density at radius 1 is 0.870 bits per heavy atom. The minimum atomic E-state index is -0.866. The molecule has 0 unspecified atom stereocenters. The summed E-state index contributed by atoms with van der Waals surface area (Å²) in [5.74, 6) is -1.03. The standard InChI is InChI=1S/C18H18O5/c19-17(20)8-7-13-3-2-6-16(10-13)23-12-15-5-1-4-14(9-15)11-18(21)22/h1-6,9-10H,7-8,11-12H2,(H,19,20)(H,21,22). The Bertz CT molecular complexity index is 693. The summed E-state index contributed by atoms with van der Waals surface area (Å²) < 4.78 is 5.70. The first-order chi connectivity index (χ1) is 11.0. The number of rotatable bonds is 8. The molecule has 5 nitrogen and oxygen atoms in total. The van der Waals surface area contributed by atoms with Crippen LogP contribution in [-0.2, 0) is 29.0 Å². The predicted octanol–water partition coefficient (Wildman–Crippen LogP) is 2.91. The second kappa shape index (κ2) is 7.98. The van der Waals surface area contributed by atoms with Crippen molar-refractivity contribution < 1.29 is 24.5 Å². The van der Waals surface area contributed by atoms with Gasteiger partial charge in [0, 0.05) is 6.42 Å². The van der Waals surface area contributed by atoms with Crippen molar-refractivity contribution in [2.75, 3.05) is 0 Å². The first kappa shape index (κ1) is 16.5. The lowest BCUT2D eigenvalue weighted by atomic mass is 10.1. The third kappa shape index (κ3) is 5.82. The smallest absolute Gasteiger partial charge is 0.307 e. The summed E-state index contributed by atoms with van der Waals surface area (Å²) in [5.41, 5.74) is 2.53. The Hall–Kier alpha value is -2.82. The highest BCUT2D eigenvalue weighted by Crippen LogP contribution is 2.17. The highest BCUT2D eigenvalue weighted by atomic mass is 16.5. The third-order valence-corrected chi connectivity index (χ3v) is 3.28. The molecule has 0 atom stereocenters. The molecule has 0 bridgehead atoms. The average molecular weight is 314 g/mol. The van der Waals surface area contributed by atoms with Crippen LogP contribution in [0.3, 0.4) is 0 Å². The number of carboxylic acids is 2. The summed E-state index contributed by atoms with van der Waals surface area (Å²) in [4.78, 5) is 21.3. The molecular weight excluding hydrogens is 296 g/mol. The largest absolute Gasteiger partial charge is 0.489 e. The van der Waals surface area contributed by atoms with Crippen LogP contribution in [-0.4, -0.2) is 22.2 Å². The van der Waals surface area contributed by atoms with Crippen LogP contribution in [0, 0.1) is 0 Å². The molecule has 120 valence electrons. The molecule has 0 fully saturated rings. The highest BCUT2D eigenvalue weighted by molar-refractivity contribution is 5.70. The zero-order valence-electron chi connectivity index (χ0n) is 12.6. The Morgan fingerprint density at radius 2 is 1.57 bits per heavy atom. The van der Waals surface area contributed by atoms with Gasteiger partial charge in [0.1, 0.15) is 12.4 Å². The second-order valence-electron chi connectivity index (χ2n) is 5.22. The van der Waals surface area contributed by atoms with E-state index in [1.165, 1.54) is 0 Å². The van der Waals surface area contributed by atoms with Gasteiger partial charge in [-0.2, -0.15) is 0 Å². The predicted molar refractivity (Wildman–Crippen MR) is 84.5 cm³/mol. The molecule has 0 radical (unpaired) electrons. The second-order valence-corrected chi connectivity index (χ2v) is 5.22. The molecule has 0 aliphatic carbocycles. The van der Waals surface area contributed by atoms with Gasteiger partial charge in [-0.1, -0.05) is 36.4 Å². The van der Waals surface area contributed by atoms with Gasteiger partial charge in [-0.15, -0.1) is 0 Å². The summed E-state index contributed by atoms with van der Waals surface area (Å²) in [7, 11) is 0. The maximum atomic E-state index is 10.7. The van der Waals surface area contributed by atoms with Crippen molar-refractivity contribution in [2.24, 2.45) is 0 Å². The van der Waals surface area contributed by atoms with Crippen molar-refractivity contribution in [3.05, 3.63) is 65.2 Å². The quantitative estimate of drug-likeness (QED) is 0.782. The van der Waals surface area contributed by atoms with E-state index in [0.29, 0.717) is 18.8 Å². The molecule has 0 aromatic heterocycles. The lowest BCUT2D eigenvalue weighted by molar-refractivity contribution is -0.137. The first-order valence-electron chi connectivity index (χ1n) is 7.26. The normalized spacial score (nSPS) is 10.3. The molecule has 0 saturated heterocycles. The topological polar surface area (TPSA) is 83.8 Å². The molecule has 0 saturated carbocycles. The van der Waals surface area contributed by atoms with E-state index in [0.717, 1.165) is 16.7 Å². The number of carbonyl (C=O) groups is 2. The van der Waals surface area contributed by atoms with Gasteiger partial charge < -0.3 is 14.9 Å². The number of hydrogen-bond acceptors (Lipinski definition) is 3. The van der Waals surface area contributed by atoms with Gasteiger partial charge in [-0.3, -0.25) is 9.59 Å². The van der Waals surface area contributed by atoms with Crippen LogP contribution in [0.15, 0.2) is 48.5 Å². The van der Waals surface area contributed by atoms with Gasteiger partial charge in [0.15, 0.2) is 0 Å². The molecule has 0 aliphatic rings. The fraction of sp³-hybridized carbons (Fsp3) is 0.222. The molecule has 0 heterocycles. The molecule has 2 rings (SSSR count). The van der Waals surface area contributed by atoms with Crippen molar-refractivity contribution in [1.82, 2.24) is 0 Å². The summed E-state index contributed by atoms with van der Waals surface area (Å²) in [6.07, 6.45) is 0.528. The van der Waals surface area contributed by atoms with Crippen molar-refractivity contribution in [2.45, 2.75) is 25.9 Å². The SMILES string of the molecule is O=C(O)CCc1cccc(OCc2cccc(CC(=O)O)c2)c1. The summed E-state index contributed by atoms with van der Waals surface area (Å²) >= 11 is 0. The van der Waals surface area contributed by atoms with E-state index in [1.54, 1.807) is 12.1 Å². The number of carboxylic acid groups (broad SMARTS) is 2. The lowest BCUT2D eigenvalue weighted by Gasteiger charge is -2.09. The maximum absolute atomic E-state index is 10.7. The number of aliphatic carboxylic acids is 2. The van der Waals surface area contributed by atoms with Crippen molar-refractivity contribution in [1.29, 1.82) is 0 Å². The number of benzene rings is 2. The number of ether oxygens (including phenoxy) is 1. The average Bonchev–Trinajstić information content (AvgIpc) is 2.51. The zero-order chi connectivity index (χ0) is 16.7. The molecule has 5 heteroatoms. The fourth-order valence-corrected chi connectivity index (χ4v) is 2.21. The maximum Gasteiger partial charge on any atom is 0.307 e. The van der Waals surface area contributed by atoms with E-state index < -0.39 is 11.9 Å². The summed E-state index contributed by atoms with van der Waals surface area (Å²) in [6.45, 7) is 0.329. The van der Waals surface area contributed by atoms with E-state index in [2.05, 4.69) is 0 Å². The van der Waals surface area contributed by atoms with Crippen LogP contribution in [0.2, 0.25) is 0 Å². The van der Waals surface area contributed by atoms with Gasteiger partial charge in [0.25, 0.3) is 0 Å². The van der Waals surface area contributed by atoms with E-state index in [9.17, 15) is 9.59 Å². The van der Waals surface area contributed by atoms with Gasteiger partial charge in [0.05, 0.1) is 6.42 Å². The van der Waals surface area contributed by atoms with Crippen LogP contribution in [0.1, 0.15) is 23.1 Å².